The first kappa shape index (κ1) is 25.2. The molecule has 0 aromatic carbocycles. The van der Waals surface area contributed by atoms with Crippen LogP contribution in [0, 0.1) is 0 Å². The summed E-state index contributed by atoms with van der Waals surface area (Å²) in [6.07, 6.45) is -0.381. The van der Waals surface area contributed by atoms with Crippen LogP contribution in [0.5, 0.6) is 11.8 Å². The number of aromatic nitrogens is 2. The van der Waals surface area contributed by atoms with Crippen LogP contribution in [0.2, 0.25) is 0 Å². The van der Waals surface area contributed by atoms with E-state index in [1.165, 1.54) is 24.5 Å². The minimum Gasteiger partial charge on any atom is -0.478 e. The zero-order valence-corrected chi connectivity index (χ0v) is 17.2. The fourth-order valence-electron chi connectivity index (χ4n) is 1.87. The van der Waals surface area contributed by atoms with Gasteiger partial charge in [0.1, 0.15) is 0 Å². The second-order valence-electron chi connectivity index (χ2n) is 6.25. The van der Waals surface area contributed by atoms with Crippen LogP contribution in [0.15, 0.2) is 36.7 Å². The van der Waals surface area contributed by atoms with E-state index in [-0.39, 0.29) is 30.8 Å². The van der Waals surface area contributed by atoms with Gasteiger partial charge in [-0.3, -0.25) is 9.78 Å². The zero-order chi connectivity index (χ0) is 22.6. The van der Waals surface area contributed by atoms with Gasteiger partial charge in [0.15, 0.2) is 6.61 Å². The van der Waals surface area contributed by atoms with E-state index in [2.05, 4.69) is 26.9 Å². The van der Waals surface area contributed by atoms with Gasteiger partial charge in [0.25, 0.3) is 5.91 Å². The first-order valence-electron chi connectivity index (χ1n) is 9.42. The second kappa shape index (κ2) is 12.6. The number of ether oxygens (including phenoxy) is 2. The molecule has 7 nitrogen and oxygen atoms in total. The number of alkyl halides is 3. The number of nitrogens with zero attached hydrogens (tertiary/aromatic N) is 2. The Morgan fingerprint density at radius 1 is 1.17 bits per heavy atom. The van der Waals surface area contributed by atoms with Gasteiger partial charge in [0.2, 0.25) is 11.8 Å². The van der Waals surface area contributed by atoms with Crippen molar-refractivity contribution in [3.63, 3.8) is 0 Å². The first-order chi connectivity index (χ1) is 14.2. The fourth-order valence-corrected chi connectivity index (χ4v) is 1.87. The normalized spacial score (nSPS) is 11.7. The van der Waals surface area contributed by atoms with Crippen LogP contribution in [-0.2, 0) is 6.54 Å². The lowest BCUT2D eigenvalue weighted by atomic mass is 10.2. The summed E-state index contributed by atoms with van der Waals surface area (Å²) in [5.74, 6) is -0.413. The van der Waals surface area contributed by atoms with E-state index in [9.17, 15) is 18.0 Å². The van der Waals surface area contributed by atoms with Crippen LogP contribution >= 0.6 is 0 Å². The summed E-state index contributed by atoms with van der Waals surface area (Å²) in [7, 11) is 0. The molecule has 0 spiro atoms. The molecular weight excluding hydrogens is 401 g/mol. The summed E-state index contributed by atoms with van der Waals surface area (Å²) in [5.41, 5.74) is 6.25. The minimum absolute atomic E-state index is 0.100. The SMILES string of the molecule is CCC(C)N.CCOc1nc(OCC(F)(F)F)ccc1CNC(=O)c1ccncc1. The Labute approximate surface area is 173 Å². The summed E-state index contributed by atoms with van der Waals surface area (Å²) in [6, 6.07) is 6.30. The topological polar surface area (TPSA) is 99.4 Å². The van der Waals surface area contributed by atoms with Gasteiger partial charge in [0.05, 0.1) is 6.61 Å². The Balaban J connectivity index is 0.000000804. The third-order valence-corrected chi connectivity index (χ3v) is 3.60. The molecule has 0 fully saturated rings. The third kappa shape index (κ3) is 10.1. The molecule has 10 heteroatoms. The molecule has 0 saturated carbocycles. The summed E-state index contributed by atoms with van der Waals surface area (Å²) < 4.78 is 46.5. The van der Waals surface area contributed by atoms with Gasteiger partial charge in [0, 0.05) is 42.2 Å². The second-order valence-corrected chi connectivity index (χ2v) is 6.25. The van der Waals surface area contributed by atoms with E-state index in [0.29, 0.717) is 17.2 Å². The summed E-state index contributed by atoms with van der Waals surface area (Å²) in [5, 5.41) is 2.68. The average Bonchev–Trinajstić information content (AvgIpc) is 2.72. The number of hydrogen-bond donors (Lipinski definition) is 2. The lowest BCUT2D eigenvalue weighted by Gasteiger charge is -2.13. The maximum atomic E-state index is 12.2. The van der Waals surface area contributed by atoms with Crippen molar-refractivity contribution in [2.45, 2.75) is 46.0 Å². The van der Waals surface area contributed by atoms with Crippen LogP contribution in [0.1, 0.15) is 43.1 Å². The zero-order valence-electron chi connectivity index (χ0n) is 17.2. The number of nitrogens with one attached hydrogen (secondary N) is 1. The molecule has 0 aliphatic carbocycles. The Bertz CT molecular complexity index is 772. The smallest absolute Gasteiger partial charge is 0.422 e. The number of pyridine rings is 2. The van der Waals surface area contributed by atoms with Crippen molar-refractivity contribution in [1.82, 2.24) is 15.3 Å². The first-order valence-corrected chi connectivity index (χ1v) is 9.42. The third-order valence-electron chi connectivity index (χ3n) is 3.60. The summed E-state index contributed by atoms with van der Waals surface area (Å²) in [6.45, 7) is 4.71. The highest BCUT2D eigenvalue weighted by Crippen LogP contribution is 2.22. The minimum atomic E-state index is -4.45. The Hall–Kier alpha value is -2.88. The van der Waals surface area contributed by atoms with E-state index in [4.69, 9.17) is 10.5 Å². The lowest BCUT2D eigenvalue weighted by molar-refractivity contribution is -0.154. The highest BCUT2D eigenvalue weighted by Gasteiger charge is 2.28. The lowest BCUT2D eigenvalue weighted by Crippen LogP contribution is -2.23. The standard InChI is InChI=1S/C16H16F3N3O3.C4H11N/c1-2-24-15-12(3-4-13(22-15)25-10-16(17,18)19)9-21-14(23)11-5-7-20-8-6-11;1-3-4(2)5/h3-8H,2,9-10H2,1H3,(H,21,23);4H,3,5H2,1-2H3. The van der Waals surface area contributed by atoms with Crippen LogP contribution in [-0.4, -0.2) is 41.3 Å². The molecule has 0 bridgehead atoms. The molecule has 3 N–H and O–H groups in total. The van der Waals surface area contributed by atoms with Gasteiger partial charge >= 0.3 is 6.18 Å². The largest absolute Gasteiger partial charge is 0.478 e. The molecule has 166 valence electrons. The van der Waals surface area contributed by atoms with Crippen LogP contribution < -0.4 is 20.5 Å². The number of hydrogen-bond acceptors (Lipinski definition) is 6. The van der Waals surface area contributed by atoms with Crippen LogP contribution in [0.3, 0.4) is 0 Å². The van der Waals surface area contributed by atoms with Crippen molar-refractivity contribution in [2.24, 2.45) is 5.73 Å². The molecule has 0 aliphatic rings. The van der Waals surface area contributed by atoms with Gasteiger partial charge in [-0.2, -0.15) is 18.2 Å². The van der Waals surface area contributed by atoms with E-state index in [0.717, 1.165) is 6.42 Å². The van der Waals surface area contributed by atoms with Crippen LogP contribution in [0.4, 0.5) is 13.2 Å². The number of carbonyl (C=O) groups excluding carboxylic acids is 1. The van der Waals surface area contributed by atoms with Gasteiger partial charge < -0.3 is 20.5 Å². The van der Waals surface area contributed by atoms with Crippen LogP contribution in [0.25, 0.3) is 0 Å². The predicted molar refractivity (Wildman–Crippen MR) is 106 cm³/mol. The average molecular weight is 428 g/mol. The molecule has 1 unspecified atom stereocenters. The molecule has 2 rings (SSSR count). The van der Waals surface area contributed by atoms with E-state index < -0.39 is 12.8 Å². The molecular formula is C20H27F3N4O3. The highest BCUT2D eigenvalue weighted by atomic mass is 19.4. The van der Waals surface area contributed by atoms with E-state index in [1.54, 1.807) is 19.1 Å². The van der Waals surface area contributed by atoms with Crippen molar-refractivity contribution in [2.75, 3.05) is 13.2 Å². The molecule has 0 radical (unpaired) electrons. The number of carbonyl (C=O) groups is 1. The predicted octanol–water partition coefficient (Wildman–Crippen LogP) is 3.49. The number of amides is 1. The molecule has 2 heterocycles. The maximum Gasteiger partial charge on any atom is 0.422 e. The van der Waals surface area contributed by atoms with Crippen molar-refractivity contribution in [1.29, 1.82) is 0 Å². The monoisotopic (exact) mass is 428 g/mol. The van der Waals surface area contributed by atoms with Gasteiger partial charge in [-0.1, -0.05) is 6.92 Å². The van der Waals surface area contributed by atoms with Crippen molar-refractivity contribution < 1.29 is 27.4 Å². The quantitative estimate of drug-likeness (QED) is 0.668. The van der Waals surface area contributed by atoms with Gasteiger partial charge in [-0.05, 0) is 38.5 Å². The summed E-state index contributed by atoms with van der Waals surface area (Å²) >= 11 is 0. The fraction of sp³-hybridized carbons (Fsp3) is 0.450. The molecule has 1 atom stereocenters. The van der Waals surface area contributed by atoms with Crippen molar-refractivity contribution >= 4 is 5.91 Å². The molecule has 0 aliphatic heterocycles. The highest BCUT2D eigenvalue weighted by molar-refractivity contribution is 5.93. The Kier molecular flexibility index (Phi) is 10.6. The van der Waals surface area contributed by atoms with Crippen molar-refractivity contribution in [3.8, 4) is 11.8 Å². The number of nitrogens with two attached hydrogens (primary N) is 1. The molecule has 2 aromatic rings. The Morgan fingerprint density at radius 3 is 2.33 bits per heavy atom. The molecule has 0 saturated heterocycles. The maximum absolute atomic E-state index is 12.2. The van der Waals surface area contributed by atoms with E-state index >= 15 is 0 Å². The number of rotatable bonds is 8. The summed E-state index contributed by atoms with van der Waals surface area (Å²) in [4.78, 5) is 19.8. The van der Waals surface area contributed by atoms with Crippen molar-refractivity contribution in [3.05, 3.63) is 47.8 Å². The molecule has 30 heavy (non-hydrogen) atoms. The van der Waals surface area contributed by atoms with Gasteiger partial charge in [-0.15, -0.1) is 0 Å². The molecule has 1 amide bonds. The van der Waals surface area contributed by atoms with E-state index in [1.807, 2.05) is 6.92 Å². The number of halogens is 3. The Morgan fingerprint density at radius 2 is 1.80 bits per heavy atom. The van der Waals surface area contributed by atoms with Gasteiger partial charge in [-0.25, -0.2) is 0 Å². The molecule has 2 aromatic heterocycles.